The van der Waals surface area contributed by atoms with Crippen LogP contribution in [0.4, 0.5) is 0 Å². The molecule has 1 unspecified atom stereocenters. The Morgan fingerprint density at radius 1 is 1.10 bits per heavy atom. The van der Waals surface area contributed by atoms with Crippen molar-refractivity contribution in [3.05, 3.63) is 48.0 Å². The van der Waals surface area contributed by atoms with Crippen LogP contribution < -0.4 is 5.32 Å². The smallest absolute Gasteiger partial charge is 0.194 e. The van der Waals surface area contributed by atoms with Crippen LogP contribution in [-0.4, -0.2) is 68.2 Å². The van der Waals surface area contributed by atoms with Gasteiger partial charge in [0.15, 0.2) is 5.96 Å². The predicted octanol–water partition coefficient (Wildman–Crippen LogP) is 3.58. The highest BCUT2D eigenvalue weighted by Gasteiger charge is 2.27. The lowest BCUT2D eigenvalue weighted by Gasteiger charge is -2.29. The van der Waals surface area contributed by atoms with Gasteiger partial charge in [0.05, 0.1) is 19.8 Å². The summed E-state index contributed by atoms with van der Waals surface area (Å²) in [4.78, 5) is 9.99. The first kappa shape index (κ1) is 22.3. The van der Waals surface area contributed by atoms with Crippen molar-refractivity contribution < 1.29 is 4.74 Å². The van der Waals surface area contributed by atoms with Gasteiger partial charge in [-0.3, -0.25) is 4.90 Å². The first-order valence-corrected chi connectivity index (χ1v) is 10.6. The molecule has 2 aromatic carbocycles. The third-order valence-corrected chi connectivity index (χ3v) is 5.82. The average molecular weight is 508 g/mol. The zero-order valence-electron chi connectivity index (χ0n) is 17.3. The number of likely N-dealkylation sites (tertiary alicyclic amines) is 1. The molecule has 1 N–H and O–H groups in total. The predicted molar refractivity (Wildman–Crippen MR) is 131 cm³/mol. The fraction of sp³-hybridized carbons (Fsp3) is 0.522. The van der Waals surface area contributed by atoms with Gasteiger partial charge >= 0.3 is 0 Å². The van der Waals surface area contributed by atoms with Crippen molar-refractivity contribution in [3.8, 4) is 0 Å². The van der Waals surface area contributed by atoms with E-state index in [-0.39, 0.29) is 24.0 Å². The molecule has 2 heterocycles. The molecule has 0 amide bonds. The van der Waals surface area contributed by atoms with E-state index >= 15 is 0 Å². The monoisotopic (exact) mass is 508 g/mol. The maximum absolute atomic E-state index is 5.48. The number of benzene rings is 2. The first-order chi connectivity index (χ1) is 13.8. The van der Waals surface area contributed by atoms with Crippen LogP contribution in [0, 0.1) is 5.92 Å². The van der Waals surface area contributed by atoms with Crippen LogP contribution in [-0.2, 0) is 11.3 Å². The number of hydrogen-bond acceptors (Lipinski definition) is 3. The van der Waals surface area contributed by atoms with Gasteiger partial charge in [-0.1, -0.05) is 42.5 Å². The first-order valence-electron chi connectivity index (χ1n) is 10.6. The molecule has 0 bridgehead atoms. The molecule has 4 rings (SSSR count). The fourth-order valence-electron chi connectivity index (χ4n) is 4.34. The van der Waals surface area contributed by atoms with Crippen molar-refractivity contribution in [2.45, 2.75) is 19.9 Å². The zero-order valence-corrected chi connectivity index (χ0v) is 19.7. The lowest BCUT2D eigenvalue weighted by molar-refractivity contribution is 0.0315. The molecule has 5 nitrogen and oxygen atoms in total. The minimum atomic E-state index is 0. The summed E-state index contributed by atoms with van der Waals surface area (Å²) in [5.41, 5.74) is 1.29. The van der Waals surface area contributed by atoms with Crippen LogP contribution in [0.3, 0.4) is 0 Å². The Labute approximate surface area is 191 Å². The molecule has 1 atom stereocenters. The van der Waals surface area contributed by atoms with Crippen LogP contribution in [0.1, 0.15) is 18.9 Å². The number of nitrogens with zero attached hydrogens (tertiary/aromatic N) is 3. The Morgan fingerprint density at radius 2 is 1.90 bits per heavy atom. The van der Waals surface area contributed by atoms with Gasteiger partial charge in [0.1, 0.15) is 0 Å². The second-order valence-corrected chi connectivity index (χ2v) is 7.82. The molecule has 0 aromatic heterocycles. The number of morpholine rings is 1. The number of guanidine groups is 1. The van der Waals surface area contributed by atoms with Crippen LogP contribution in [0.15, 0.2) is 47.5 Å². The highest BCUT2D eigenvalue weighted by Crippen LogP contribution is 2.21. The summed E-state index contributed by atoms with van der Waals surface area (Å²) < 4.78 is 5.48. The van der Waals surface area contributed by atoms with E-state index in [0.717, 1.165) is 57.8 Å². The Morgan fingerprint density at radius 3 is 2.72 bits per heavy atom. The number of aliphatic imine (C=N–C) groups is 1. The Bertz CT molecular complexity index is 801. The Kier molecular flexibility index (Phi) is 8.56. The number of nitrogens with one attached hydrogen (secondary N) is 1. The Hall–Kier alpha value is -1.38. The van der Waals surface area contributed by atoms with Gasteiger partial charge in [0.25, 0.3) is 0 Å². The van der Waals surface area contributed by atoms with E-state index in [9.17, 15) is 0 Å². The molecule has 0 aliphatic carbocycles. The lowest BCUT2D eigenvalue weighted by Crippen LogP contribution is -2.42. The standard InChI is InChI=1S/C23H32N4O.HI/c1-2-24-23(25-16-21-8-5-7-20-6-3-4-9-22(20)21)27-11-10-19(18-27)17-26-12-14-28-15-13-26;/h3-9,19H,2,10-18H2,1H3,(H,24,25);1H. The topological polar surface area (TPSA) is 40.1 Å². The third kappa shape index (κ3) is 5.83. The highest BCUT2D eigenvalue weighted by atomic mass is 127. The van der Waals surface area contributed by atoms with Crippen molar-refractivity contribution in [2.75, 3.05) is 52.5 Å². The summed E-state index contributed by atoms with van der Waals surface area (Å²) in [5, 5.41) is 6.10. The van der Waals surface area contributed by atoms with E-state index in [0.29, 0.717) is 6.54 Å². The molecule has 6 heteroatoms. The molecule has 0 spiro atoms. The minimum Gasteiger partial charge on any atom is -0.379 e. The van der Waals surface area contributed by atoms with Crippen LogP contribution in [0.5, 0.6) is 0 Å². The molecule has 2 saturated heterocycles. The van der Waals surface area contributed by atoms with Gasteiger partial charge in [-0.2, -0.15) is 0 Å². The van der Waals surface area contributed by atoms with E-state index in [2.05, 4.69) is 64.5 Å². The van der Waals surface area contributed by atoms with E-state index in [1.54, 1.807) is 0 Å². The number of ether oxygens (including phenoxy) is 1. The molecule has 2 fully saturated rings. The quantitative estimate of drug-likeness (QED) is 0.381. The largest absolute Gasteiger partial charge is 0.379 e. The summed E-state index contributed by atoms with van der Waals surface area (Å²) >= 11 is 0. The Balaban J connectivity index is 0.00000240. The number of fused-ring (bicyclic) bond motifs is 1. The summed E-state index contributed by atoms with van der Waals surface area (Å²) in [6, 6.07) is 15.1. The average Bonchev–Trinajstić information content (AvgIpc) is 3.20. The normalized spacial score (nSPS) is 20.7. The summed E-state index contributed by atoms with van der Waals surface area (Å²) in [6.07, 6.45) is 1.25. The second-order valence-electron chi connectivity index (χ2n) is 7.82. The zero-order chi connectivity index (χ0) is 19.2. The molecular formula is C23H33IN4O. The van der Waals surface area contributed by atoms with Gasteiger partial charge in [0.2, 0.25) is 0 Å². The van der Waals surface area contributed by atoms with Crippen molar-refractivity contribution >= 4 is 40.7 Å². The summed E-state index contributed by atoms with van der Waals surface area (Å²) in [6.45, 7) is 11.0. The second kappa shape index (κ2) is 11.1. The van der Waals surface area contributed by atoms with Crippen molar-refractivity contribution in [1.29, 1.82) is 0 Å². The van der Waals surface area contributed by atoms with Gasteiger partial charge in [-0.15, -0.1) is 24.0 Å². The fourth-order valence-corrected chi connectivity index (χ4v) is 4.34. The van der Waals surface area contributed by atoms with Gasteiger partial charge in [0, 0.05) is 39.3 Å². The highest BCUT2D eigenvalue weighted by molar-refractivity contribution is 14.0. The molecule has 2 aliphatic rings. The van der Waals surface area contributed by atoms with Crippen molar-refractivity contribution in [3.63, 3.8) is 0 Å². The molecular weight excluding hydrogens is 475 g/mol. The number of halogens is 1. The van der Waals surface area contributed by atoms with Crippen LogP contribution in [0.25, 0.3) is 10.8 Å². The summed E-state index contributed by atoms with van der Waals surface area (Å²) in [5.74, 6) is 1.78. The SMILES string of the molecule is CCNC(=NCc1cccc2ccccc12)N1CCC(CN2CCOCC2)C1.I. The van der Waals surface area contributed by atoms with Gasteiger partial charge in [-0.25, -0.2) is 4.99 Å². The van der Waals surface area contributed by atoms with Crippen LogP contribution in [0.2, 0.25) is 0 Å². The molecule has 0 radical (unpaired) electrons. The number of hydrogen-bond donors (Lipinski definition) is 1. The van der Waals surface area contributed by atoms with Crippen LogP contribution >= 0.6 is 24.0 Å². The molecule has 158 valence electrons. The van der Waals surface area contributed by atoms with Gasteiger partial charge in [-0.05, 0) is 35.6 Å². The lowest BCUT2D eigenvalue weighted by atomic mass is 10.1. The molecule has 29 heavy (non-hydrogen) atoms. The maximum Gasteiger partial charge on any atom is 0.194 e. The molecule has 2 aliphatic heterocycles. The van der Waals surface area contributed by atoms with Gasteiger partial charge < -0.3 is 15.0 Å². The minimum absolute atomic E-state index is 0. The van der Waals surface area contributed by atoms with Crippen molar-refractivity contribution in [2.24, 2.45) is 10.9 Å². The van der Waals surface area contributed by atoms with E-state index in [4.69, 9.17) is 9.73 Å². The van der Waals surface area contributed by atoms with E-state index in [1.807, 2.05) is 0 Å². The number of rotatable bonds is 5. The molecule has 2 aromatic rings. The maximum atomic E-state index is 5.48. The third-order valence-electron chi connectivity index (χ3n) is 5.82. The van der Waals surface area contributed by atoms with Crippen molar-refractivity contribution in [1.82, 2.24) is 15.1 Å². The van der Waals surface area contributed by atoms with E-state index in [1.165, 1.54) is 29.3 Å². The molecule has 0 saturated carbocycles. The van der Waals surface area contributed by atoms with E-state index < -0.39 is 0 Å². The summed E-state index contributed by atoms with van der Waals surface area (Å²) in [7, 11) is 0.